The fourth-order valence-electron chi connectivity index (χ4n) is 5.65. The summed E-state index contributed by atoms with van der Waals surface area (Å²) in [4.78, 5) is 0. The predicted octanol–water partition coefficient (Wildman–Crippen LogP) is 8.37. The molecule has 0 N–H and O–H groups in total. The molecule has 0 bridgehead atoms. The van der Waals surface area contributed by atoms with Crippen molar-refractivity contribution < 1.29 is 15.1 Å². The summed E-state index contributed by atoms with van der Waals surface area (Å²) in [5, 5.41) is 0. The molecule has 157 valence electrons. The Bertz CT molecular complexity index is 367. The second-order valence-corrected chi connectivity index (χ2v) is 12.0. The van der Waals surface area contributed by atoms with Crippen molar-refractivity contribution >= 4 is 18.0 Å². The van der Waals surface area contributed by atoms with Gasteiger partial charge in [-0.15, -0.1) is 0 Å². The van der Waals surface area contributed by atoms with Crippen molar-refractivity contribution in [3.05, 3.63) is 36.4 Å². The van der Waals surface area contributed by atoms with Gasteiger partial charge in [-0.05, 0) is 77.0 Å². The van der Waals surface area contributed by atoms with Gasteiger partial charge in [0.2, 0.25) is 0 Å². The van der Waals surface area contributed by atoms with Crippen LogP contribution in [0.3, 0.4) is 0 Å². The van der Waals surface area contributed by atoms with E-state index in [9.17, 15) is 0 Å². The zero-order chi connectivity index (χ0) is 19.2. The SMILES string of the molecule is C1CCC([PH+](C2CCCCC2)C2CCCCC2)CC1.[Cl][Cu+].[c-]1ccccc1. The quantitative estimate of drug-likeness (QED) is 0.243. The van der Waals surface area contributed by atoms with Crippen molar-refractivity contribution in [2.75, 3.05) is 0 Å². The van der Waals surface area contributed by atoms with Gasteiger partial charge < -0.3 is 0 Å². The minimum atomic E-state index is -0.0465. The first kappa shape index (κ1) is 23.7. The number of hydrogen-bond acceptors (Lipinski definition) is 0. The van der Waals surface area contributed by atoms with Gasteiger partial charge >= 0.3 is 25.2 Å². The second kappa shape index (κ2) is 15.3. The molecule has 0 saturated heterocycles. The zero-order valence-electron chi connectivity index (χ0n) is 16.9. The normalized spacial score (nSPS) is 22.4. The van der Waals surface area contributed by atoms with Crippen LogP contribution in [0.25, 0.3) is 0 Å². The van der Waals surface area contributed by atoms with E-state index in [0.29, 0.717) is 0 Å². The van der Waals surface area contributed by atoms with E-state index in [1.165, 1.54) is 17.0 Å². The largest absolute Gasteiger partial charge is 0.184 e. The van der Waals surface area contributed by atoms with Gasteiger partial charge in [0.25, 0.3) is 0 Å². The Balaban J connectivity index is 0.000000275. The van der Waals surface area contributed by atoms with Crippen molar-refractivity contribution in [3.63, 3.8) is 0 Å². The zero-order valence-corrected chi connectivity index (χ0v) is 19.6. The van der Waals surface area contributed by atoms with E-state index in [2.05, 4.69) is 31.3 Å². The Morgan fingerprint density at radius 3 is 1.11 bits per heavy atom. The Hall–Kier alpha value is 0.459. The van der Waals surface area contributed by atoms with E-state index < -0.39 is 0 Å². The fourth-order valence-corrected chi connectivity index (χ4v) is 10.9. The van der Waals surface area contributed by atoms with Crippen LogP contribution in [0.5, 0.6) is 0 Å². The molecule has 0 amide bonds. The summed E-state index contributed by atoms with van der Waals surface area (Å²) in [6, 6.07) is 12.5. The second-order valence-electron chi connectivity index (χ2n) is 8.58. The van der Waals surface area contributed by atoms with Gasteiger partial charge in [0, 0.05) is 7.92 Å². The first-order valence-electron chi connectivity index (χ1n) is 11.3. The van der Waals surface area contributed by atoms with E-state index in [0.717, 1.165) is 0 Å². The standard InChI is InChI=1S/C18H33P.C6H5.ClH.Cu/c1-4-10-16(11-5-1)19(17-12-6-2-7-13-17)18-14-8-3-9-15-18;1-2-4-6-5-3-1;;/h16-18H,1-15H2;1-5H;1H;/q;-1;;+2. The summed E-state index contributed by atoms with van der Waals surface area (Å²) in [6.07, 6.45) is 23.8. The van der Waals surface area contributed by atoms with Crippen molar-refractivity contribution in [3.8, 4) is 0 Å². The van der Waals surface area contributed by atoms with Crippen molar-refractivity contribution in [2.45, 2.75) is 113 Å². The molecule has 0 atom stereocenters. The molecular weight excluding hydrogens is 418 g/mol. The summed E-state index contributed by atoms with van der Waals surface area (Å²) in [6.45, 7) is 0. The van der Waals surface area contributed by atoms with E-state index in [4.69, 9.17) is 0 Å². The third-order valence-electron chi connectivity index (χ3n) is 6.84. The van der Waals surface area contributed by atoms with Gasteiger partial charge in [0.1, 0.15) is 0 Å². The van der Waals surface area contributed by atoms with Crippen LogP contribution < -0.4 is 0 Å². The van der Waals surface area contributed by atoms with Crippen molar-refractivity contribution in [1.82, 2.24) is 0 Å². The van der Waals surface area contributed by atoms with Crippen LogP contribution in [0.2, 0.25) is 0 Å². The van der Waals surface area contributed by atoms with Gasteiger partial charge in [0.15, 0.2) is 0 Å². The van der Waals surface area contributed by atoms with Crippen molar-refractivity contribution in [1.29, 1.82) is 0 Å². The molecule has 3 fully saturated rings. The monoisotopic (exact) mass is 456 g/mol. The number of benzene rings is 1. The van der Waals surface area contributed by atoms with Crippen LogP contribution in [-0.4, -0.2) is 17.0 Å². The summed E-state index contributed by atoms with van der Waals surface area (Å²) >= 11 is 3.66. The summed E-state index contributed by atoms with van der Waals surface area (Å²) in [5.74, 6) is 0. The smallest absolute Gasteiger partial charge is 0.171 e. The number of rotatable bonds is 3. The maximum Gasteiger partial charge on any atom is -0.171 e. The molecule has 0 aliphatic heterocycles. The van der Waals surface area contributed by atoms with E-state index in [1.54, 1.807) is 96.3 Å². The molecule has 0 radical (unpaired) electrons. The van der Waals surface area contributed by atoms with Crippen LogP contribution in [0.15, 0.2) is 30.3 Å². The Morgan fingerprint density at radius 1 is 0.556 bits per heavy atom. The first-order chi connectivity index (χ1) is 13.4. The average molecular weight is 458 g/mol. The van der Waals surface area contributed by atoms with E-state index >= 15 is 0 Å². The summed E-state index contributed by atoms with van der Waals surface area (Å²) in [7, 11) is 4.15. The van der Waals surface area contributed by atoms with Crippen LogP contribution in [0.4, 0.5) is 0 Å². The maximum absolute atomic E-state index is 4.20. The first-order valence-corrected chi connectivity index (χ1v) is 14.4. The molecule has 0 aromatic heterocycles. The molecule has 1 aromatic carbocycles. The van der Waals surface area contributed by atoms with Gasteiger partial charge in [-0.25, -0.2) is 0 Å². The van der Waals surface area contributed by atoms with Gasteiger partial charge in [-0.1, -0.05) is 19.3 Å². The third-order valence-corrected chi connectivity index (χ3v) is 11.4. The van der Waals surface area contributed by atoms with E-state index in [1.807, 2.05) is 30.3 Å². The molecule has 3 saturated carbocycles. The third kappa shape index (κ3) is 8.78. The molecule has 3 aliphatic rings. The minimum Gasteiger partial charge on any atom is -0.184 e. The van der Waals surface area contributed by atoms with Crippen LogP contribution in [0, 0.1) is 6.07 Å². The Labute approximate surface area is 182 Å². The molecule has 3 aliphatic carbocycles. The Kier molecular flexibility index (Phi) is 13.5. The van der Waals surface area contributed by atoms with Crippen LogP contribution >= 0.6 is 18.0 Å². The average Bonchev–Trinajstić information content (AvgIpc) is 2.79. The molecule has 4 rings (SSSR count). The number of hydrogen-bond donors (Lipinski definition) is 0. The predicted molar refractivity (Wildman–Crippen MR) is 120 cm³/mol. The fraction of sp³-hybridized carbons (Fsp3) is 0.750. The number of halogens is 1. The van der Waals surface area contributed by atoms with Crippen molar-refractivity contribution in [2.24, 2.45) is 0 Å². The molecule has 27 heavy (non-hydrogen) atoms. The maximum atomic E-state index is 4.20. The molecule has 0 spiro atoms. The van der Waals surface area contributed by atoms with Crippen LogP contribution in [0.1, 0.15) is 96.3 Å². The summed E-state index contributed by atoms with van der Waals surface area (Å²) in [5.41, 5.74) is 3.68. The van der Waals surface area contributed by atoms with Crippen LogP contribution in [-0.2, 0) is 15.1 Å². The molecule has 0 unspecified atom stereocenters. The molecule has 1 aromatic rings. The summed E-state index contributed by atoms with van der Waals surface area (Å²) < 4.78 is 0. The molecule has 0 nitrogen and oxygen atoms in total. The van der Waals surface area contributed by atoms with Gasteiger partial charge in [0.05, 0.1) is 17.0 Å². The minimum absolute atomic E-state index is 0.0465. The topological polar surface area (TPSA) is 0 Å². The molecule has 0 heterocycles. The van der Waals surface area contributed by atoms with Gasteiger partial charge in [-0.3, -0.25) is 0 Å². The molecule has 3 heteroatoms. The molecular formula is C24H39ClCuP+. The van der Waals surface area contributed by atoms with Gasteiger partial charge in [-0.2, -0.15) is 36.4 Å². The van der Waals surface area contributed by atoms with E-state index in [-0.39, 0.29) is 7.92 Å². The Morgan fingerprint density at radius 2 is 0.889 bits per heavy atom.